The highest BCUT2D eigenvalue weighted by Gasteiger charge is 2.19. The summed E-state index contributed by atoms with van der Waals surface area (Å²) in [5.74, 6) is -1.78. The Bertz CT molecular complexity index is 673. The van der Waals surface area contributed by atoms with E-state index in [2.05, 4.69) is 5.32 Å². The van der Waals surface area contributed by atoms with Crippen LogP contribution < -0.4 is 10.1 Å². The minimum absolute atomic E-state index is 0.190. The van der Waals surface area contributed by atoms with Crippen molar-refractivity contribution in [1.82, 2.24) is 0 Å². The van der Waals surface area contributed by atoms with Gasteiger partial charge in [0.25, 0.3) is 5.91 Å². The van der Waals surface area contributed by atoms with E-state index in [1.54, 1.807) is 6.07 Å². The molecule has 2 rings (SSSR count). The Labute approximate surface area is 127 Å². The van der Waals surface area contributed by atoms with Crippen molar-refractivity contribution < 1.29 is 18.3 Å². The van der Waals surface area contributed by atoms with Gasteiger partial charge in [0.15, 0.2) is 17.7 Å². The number of anilines is 1. The van der Waals surface area contributed by atoms with E-state index in [0.29, 0.717) is 12.2 Å². The number of ether oxygens (including phenoxy) is 1. The smallest absolute Gasteiger partial charge is 0.265 e. The number of aryl methyl sites for hydroxylation is 1. The first kappa shape index (κ1) is 15.9. The van der Waals surface area contributed by atoms with Crippen LogP contribution in [0.2, 0.25) is 0 Å². The van der Waals surface area contributed by atoms with Gasteiger partial charge >= 0.3 is 0 Å². The molecule has 2 aromatic carbocycles. The standard InChI is InChI=1S/C17H17F2NO2/c1-3-16(22-13-6-4-5-11(2)9-13)17(21)20-12-7-8-14(18)15(19)10-12/h4-10,16H,3H2,1-2H3,(H,20,21)/t16-/m0/s1. The molecule has 0 aromatic heterocycles. The van der Waals surface area contributed by atoms with Gasteiger partial charge in [-0.3, -0.25) is 4.79 Å². The van der Waals surface area contributed by atoms with Crippen molar-refractivity contribution in [3.05, 3.63) is 59.7 Å². The van der Waals surface area contributed by atoms with Crippen molar-refractivity contribution in [3.63, 3.8) is 0 Å². The first-order chi connectivity index (χ1) is 10.5. The number of halogens is 2. The van der Waals surface area contributed by atoms with Crippen LogP contribution in [-0.4, -0.2) is 12.0 Å². The molecule has 0 saturated heterocycles. The molecule has 0 aliphatic rings. The SMILES string of the molecule is CC[C@H](Oc1cccc(C)c1)C(=O)Nc1ccc(F)c(F)c1. The highest BCUT2D eigenvalue weighted by Crippen LogP contribution is 2.17. The summed E-state index contributed by atoms with van der Waals surface area (Å²) in [7, 11) is 0. The number of nitrogens with one attached hydrogen (secondary N) is 1. The van der Waals surface area contributed by atoms with Gasteiger partial charge in [0, 0.05) is 11.8 Å². The summed E-state index contributed by atoms with van der Waals surface area (Å²) in [4.78, 5) is 12.2. The van der Waals surface area contributed by atoms with Crippen LogP contribution in [0.25, 0.3) is 0 Å². The Hall–Kier alpha value is -2.43. The number of carbonyl (C=O) groups is 1. The van der Waals surface area contributed by atoms with E-state index in [-0.39, 0.29) is 5.69 Å². The van der Waals surface area contributed by atoms with Gasteiger partial charge in [-0.1, -0.05) is 19.1 Å². The molecule has 0 aliphatic heterocycles. The third-order valence-corrected chi connectivity index (χ3v) is 3.12. The molecule has 0 aliphatic carbocycles. The van der Waals surface area contributed by atoms with E-state index >= 15 is 0 Å². The number of amides is 1. The molecule has 0 fully saturated rings. The lowest BCUT2D eigenvalue weighted by molar-refractivity contribution is -0.122. The molecule has 5 heteroatoms. The molecule has 116 valence electrons. The number of hydrogen-bond donors (Lipinski definition) is 1. The van der Waals surface area contributed by atoms with E-state index in [4.69, 9.17) is 4.74 Å². The quantitative estimate of drug-likeness (QED) is 0.904. The molecule has 1 N–H and O–H groups in total. The maximum atomic E-state index is 13.1. The van der Waals surface area contributed by atoms with Crippen LogP contribution in [0.1, 0.15) is 18.9 Å². The summed E-state index contributed by atoms with van der Waals surface area (Å²) in [6.45, 7) is 3.74. The predicted molar refractivity (Wildman–Crippen MR) is 80.9 cm³/mol. The zero-order valence-corrected chi connectivity index (χ0v) is 12.4. The molecular weight excluding hydrogens is 288 g/mol. The lowest BCUT2D eigenvalue weighted by Gasteiger charge is -2.17. The fourth-order valence-electron chi connectivity index (χ4n) is 1.97. The van der Waals surface area contributed by atoms with Gasteiger partial charge in [-0.15, -0.1) is 0 Å². The van der Waals surface area contributed by atoms with Gasteiger partial charge < -0.3 is 10.1 Å². The van der Waals surface area contributed by atoms with E-state index in [1.807, 2.05) is 32.0 Å². The second-order valence-electron chi connectivity index (χ2n) is 4.95. The molecule has 0 saturated carbocycles. The third kappa shape index (κ3) is 4.04. The summed E-state index contributed by atoms with van der Waals surface area (Å²) in [6.07, 6.45) is -0.265. The van der Waals surface area contributed by atoms with Crippen molar-refractivity contribution in [1.29, 1.82) is 0 Å². The van der Waals surface area contributed by atoms with Gasteiger partial charge in [0.05, 0.1) is 0 Å². The minimum Gasteiger partial charge on any atom is -0.481 e. The van der Waals surface area contributed by atoms with Crippen LogP contribution in [0.4, 0.5) is 14.5 Å². The Morgan fingerprint density at radius 1 is 1.18 bits per heavy atom. The number of benzene rings is 2. The van der Waals surface area contributed by atoms with Gasteiger partial charge in [-0.2, -0.15) is 0 Å². The van der Waals surface area contributed by atoms with Gasteiger partial charge in [0.2, 0.25) is 0 Å². The molecular formula is C17H17F2NO2. The lowest BCUT2D eigenvalue weighted by Crippen LogP contribution is -2.32. The molecule has 1 amide bonds. The molecule has 3 nitrogen and oxygen atoms in total. The van der Waals surface area contributed by atoms with Gasteiger partial charge in [-0.05, 0) is 43.2 Å². The van der Waals surface area contributed by atoms with Crippen LogP contribution in [-0.2, 0) is 4.79 Å². The summed E-state index contributed by atoms with van der Waals surface area (Å²) in [6, 6.07) is 10.6. The van der Waals surface area contributed by atoms with Crippen LogP contribution in [0, 0.1) is 18.6 Å². The van der Waals surface area contributed by atoms with E-state index in [9.17, 15) is 13.6 Å². The van der Waals surface area contributed by atoms with Crippen LogP contribution in [0.3, 0.4) is 0 Å². The number of rotatable bonds is 5. The minimum atomic E-state index is -1.01. The zero-order valence-electron chi connectivity index (χ0n) is 12.4. The van der Waals surface area contributed by atoms with E-state index in [1.165, 1.54) is 6.07 Å². The summed E-state index contributed by atoms with van der Waals surface area (Å²) in [5, 5.41) is 2.53. The first-order valence-corrected chi connectivity index (χ1v) is 6.99. The van der Waals surface area contributed by atoms with E-state index < -0.39 is 23.6 Å². The van der Waals surface area contributed by atoms with Gasteiger partial charge in [-0.25, -0.2) is 8.78 Å². The molecule has 0 heterocycles. The molecule has 22 heavy (non-hydrogen) atoms. The second-order valence-corrected chi connectivity index (χ2v) is 4.95. The maximum Gasteiger partial charge on any atom is 0.265 e. The van der Waals surface area contributed by atoms with Gasteiger partial charge in [0.1, 0.15) is 5.75 Å². The predicted octanol–water partition coefficient (Wildman–Crippen LogP) is 4.07. The fourth-order valence-corrected chi connectivity index (χ4v) is 1.97. The molecule has 1 atom stereocenters. The Balaban J connectivity index is 2.06. The van der Waals surface area contributed by atoms with Crippen molar-refractivity contribution >= 4 is 11.6 Å². The summed E-state index contributed by atoms with van der Waals surface area (Å²) < 4.78 is 31.7. The average molecular weight is 305 g/mol. The lowest BCUT2D eigenvalue weighted by atomic mass is 10.2. The van der Waals surface area contributed by atoms with Crippen molar-refractivity contribution in [2.75, 3.05) is 5.32 Å². The van der Waals surface area contributed by atoms with Crippen molar-refractivity contribution in [2.45, 2.75) is 26.4 Å². The topological polar surface area (TPSA) is 38.3 Å². The summed E-state index contributed by atoms with van der Waals surface area (Å²) in [5.41, 5.74) is 1.21. The molecule has 0 radical (unpaired) electrons. The average Bonchev–Trinajstić information content (AvgIpc) is 2.48. The first-order valence-electron chi connectivity index (χ1n) is 6.99. The zero-order chi connectivity index (χ0) is 16.1. The number of hydrogen-bond acceptors (Lipinski definition) is 2. The molecule has 0 bridgehead atoms. The Kier molecular flexibility index (Phi) is 5.09. The molecule has 0 spiro atoms. The van der Waals surface area contributed by atoms with Crippen LogP contribution >= 0.6 is 0 Å². The van der Waals surface area contributed by atoms with Crippen LogP contribution in [0.15, 0.2) is 42.5 Å². The molecule has 0 unspecified atom stereocenters. The molecule has 2 aromatic rings. The number of carbonyl (C=O) groups excluding carboxylic acids is 1. The Morgan fingerprint density at radius 3 is 2.59 bits per heavy atom. The highest BCUT2D eigenvalue weighted by molar-refractivity contribution is 5.94. The third-order valence-electron chi connectivity index (χ3n) is 3.12. The largest absolute Gasteiger partial charge is 0.481 e. The normalized spacial score (nSPS) is 11.8. The van der Waals surface area contributed by atoms with Crippen molar-refractivity contribution in [2.24, 2.45) is 0 Å². The second kappa shape index (κ2) is 7.02. The Morgan fingerprint density at radius 2 is 1.95 bits per heavy atom. The monoisotopic (exact) mass is 305 g/mol. The van der Waals surface area contributed by atoms with Crippen LogP contribution in [0.5, 0.6) is 5.75 Å². The van der Waals surface area contributed by atoms with Crippen molar-refractivity contribution in [3.8, 4) is 5.75 Å². The summed E-state index contributed by atoms with van der Waals surface area (Å²) >= 11 is 0. The van der Waals surface area contributed by atoms with E-state index in [0.717, 1.165) is 17.7 Å². The maximum absolute atomic E-state index is 13.1. The fraction of sp³-hybridized carbons (Fsp3) is 0.235. The highest BCUT2D eigenvalue weighted by atomic mass is 19.2.